The molecular weight excluding hydrogens is 438 g/mol. The van der Waals surface area contributed by atoms with Crippen molar-refractivity contribution in [3.8, 4) is 0 Å². The zero-order valence-corrected chi connectivity index (χ0v) is 19.6. The number of aryl methyl sites for hydroxylation is 1. The molecule has 0 saturated heterocycles. The zero-order valence-electron chi connectivity index (χ0n) is 18.7. The van der Waals surface area contributed by atoms with Gasteiger partial charge in [0.15, 0.2) is 10.9 Å². The lowest BCUT2D eigenvalue weighted by atomic mass is 10.1. The number of hydrogen-bond donors (Lipinski definition) is 1. The molecule has 0 aliphatic heterocycles. The van der Waals surface area contributed by atoms with Crippen molar-refractivity contribution in [2.75, 3.05) is 11.1 Å². The van der Waals surface area contributed by atoms with Gasteiger partial charge < -0.3 is 5.32 Å². The predicted molar refractivity (Wildman–Crippen MR) is 130 cm³/mol. The van der Waals surface area contributed by atoms with Crippen LogP contribution in [0.3, 0.4) is 0 Å². The van der Waals surface area contributed by atoms with Gasteiger partial charge in [0.25, 0.3) is 5.56 Å². The highest BCUT2D eigenvalue weighted by atomic mass is 32.2. The monoisotopic (exact) mass is 463 g/mol. The molecule has 4 rings (SSSR count). The lowest BCUT2D eigenvalue weighted by Crippen LogP contribution is -2.24. The molecule has 0 fully saturated rings. The van der Waals surface area contributed by atoms with Gasteiger partial charge in [-0.05, 0) is 43.5 Å². The summed E-state index contributed by atoms with van der Waals surface area (Å²) in [4.78, 5) is 37.2. The number of ketones is 1. The van der Waals surface area contributed by atoms with Crippen LogP contribution in [0.2, 0.25) is 0 Å². The van der Waals surface area contributed by atoms with E-state index >= 15 is 0 Å². The van der Waals surface area contributed by atoms with E-state index in [2.05, 4.69) is 29.4 Å². The minimum Gasteiger partial charge on any atom is -0.325 e. The summed E-state index contributed by atoms with van der Waals surface area (Å²) in [5.41, 5.74) is 1.72. The number of amides is 1. The van der Waals surface area contributed by atoms with Crippen LogP contribution in [0, 0.1) is 5.92 Å². The van der Waals surface area contributed by atoms with Gasteiger partial charge in [0.05, 0.1) is 16.7 Å². The predicted octanol–water partition coefficient (Wildman–Crippen LogP) is 4.02. The first-order chi connectivity index (χ1) is 15.8. The quantitative estimate of drug-likeness (QED) is 0.313. The fraction of sp³-hybridized carbons (Fsp3) is 0.292. The molecule has 0 aliphatic carbocycles. The molecule has 0 atom stereocenters. The number of aromatic nitrogens is 4. The number of carbonyl (C=O) groups excluding carboxylic acids is 2. The number of nitrogens with one attached hydrogen (secondary N) is 1. The van der Waals surface area contributed by atoms with E-state index in [1.165, 1.54) is 18.7 Å². The van der Waals surface area contributed by atoms with Gasteiger partial charge in [-0.15, -0.1) is 10.2 Å². The Morgan fingerprint density at radius 3 is 2.64 bits per heavy atom. The average molecular weight is 464 g/mol. The lowest BCUT2D eigenvalue weighted by molar-refractivity contribution is -0.113. The van der Waals surface area contributed by atoms with Gasteiger partial charge in [0, 0.05) is 17.8 Å². The number of nitrogens with zero attached hydrogens (tertiary/aromatic N) is 4. The third-order valence-corrected chi connectivity index (χ3v) is 6.22. The SMILES string of the molecule is CC(=O)c1cccc(NC(=O)CSc2nnc3n(CCC(C)C)c(=O)c4ccccc4n23)c1. The van der Waals surface area contributed by atoms with E-state index in [1.807, 2.05) is 22.6 Å². The van der Waals surface area contributed by atoms with E-state index in [1.54, 1.807) is 34.9 Å². The highest BCUT2D eigenvalue weighted by Crippen LogP contribution is 2.22. The molecule has 0 aliphatic rings. The van der Waals surface area contributed by atoms with Crippen molar-refractivity contribution < 1.29 is 9.59 Å². The zero-order chi connectivity index (χ0) is 23.5. The van der Waals surface area contributed by atoms with Crippen molar-refractivity contribution in [1.29, 1.82) is 0 Å². The van der Waals surface area contributed by atoms with Crippen LogP contribution in [-0.2, 0) is 11.3 Å². The summed E-state index contributed by atoms with van der Waals surface area (Å²) >= 11 is 1.24. The molecule has 2 heterocycles. The number of Topliss-reactive ketones (excluding diaryl/α,β-unsaturated/α-hetero) is 1. The Balaban J connectivity index is 1.62. The van der Waals surface area contributed by atoms with Crippen LogP contribution in [-0.4, -0.2) is 36.6 Å². The second-order valence-corrected chi connectivity index (χ2v) is 9.19. The maximum atomic E-state index is 13.1. The maximum absolute atomic E-state index is 13.1. The number of benzene rings is 2. The van der Waals surface area contributed by atoms with Gasteiger partial charge >= 0.3 is 0 Å². The van der Waals surface area contributed by atoms with Crippen LogP contribution in [0.4, 0.5) is 5.69 Å². The summed E-state index contributed by atoms with van der Waals surface area (Å²) < 4.78 is 3.50. The molecule has 0 radical (unpaired) electrons. The van der Waals surface area contributed by atoms with E-state index in [-0.39, 0.29) is 23.0 Å². The summed E-state index contributed by atoms with van der Waals surface area (Å²) in [5, 5.41) is 12.5. The van der Waals surface area contributed by atoms with Gasteiger partial charge in [-0.25, -0.2) is 0 Å². The summed E-state index contributed by atoms with van der Waals surface area (Å²) in [6.45, 7) is 6.25. The minimum absolute atomic E-state index is 0.0641. The number of para-hydroxylation sites is 1. The Labute approximate surface area is 195 Å². The average Bonchev–Trinajstić information content (AvgIpc) is 3.21. The summed E-state index contributed by atoms with van der Waals surface area (Å²) in [7, 11) is 0. The molecule has 170 valence electrons. The topological polar surface area (TPSA) is 98.4 Å². The standard InChI is InChI=1S/C24H25N5O3S/c1-15(2)11-12-28-22(32)19-9-4-5-10-20(19)29-23(28)26-27-24(29)33-14-21(31)25-18-8-6-7-17(13-18)16(3)30/h4-10,13,15H,11-12,14H2,1-3H3,(H,25,31). The molecule has 0 unspecified atom stereocenters. The second-order valence-electron chi connectivity index (χ2n) is 8.25. The number of carbonyl (C=O) groups is 2. The molecule has 8 nitrogen and oxygen atoms in total. The van der Waals surface area contributed by atoms with Crippen molar-refractivity contribution >= 4 is 45.8 Å². The number of hydrogen-bond acceptors (Lipinski definition) is 6. The van der Waals surface area contributed by atoms with Crippen LogP contribution in [0.1, 0.15) is 37.6 Å². The fourth-order valence-corrected chi connectivity index (χ4v) is 4.30. The fourth-order valence-electron chi connectivity index (χ4n) is 3.56. The van der Waals surface area contributed by atoms with Crippen LogP contribution in [0.5, 0.6) is 0 Å². The van der Waals surface area contributed by atoms with Crippen LogP contribution < -0.4 is 10.9 Å². The molecular formula is C24H25N5O3S. The third kappa shape index (κ3) is 4.83. The van der Waals surface area contributed by atoms with Crippen LogP contribution in [0.15, 0.2) is 58.5 Å². The number of rotatable bonds is 8. The van der Waals surface area contributed by atoms with Gasteiger partial charge in [-0.1, -0.05) is 49.9 Å². The molecule has 4 aromatic rings. The third-order valence-electron chi connectivity index (χ3n) is 5.29. The molecule has 33 heavy (non-hydrogen) atoms. The Bertz CT molecular complexity index is 1410. The van der Waals surface area contributed by atoms with Crippen molar-refractivity contribution in [1.82, 2.24) is 19.2 Å². The van der Waals surface area contributed by atoms with E-state index in [0.717, 1.165) is 6.42 Å². The van der Waals surface area contributed by atoms with Gasteiger partial charge in [-0.3, -0.25) is 23.4 Å². The highest BCUT2D eigenvalue weighted by Gasteiger charge is 2.18. The largest absolute Gasteiger partial charge is 0.325 e. The van der Waals surface area contributed by atoms with Gasteiger partial charge in [0.2, 0.25) is 11.7 Å². The van der Waals surface area contributed by atoms with Crippen molar-refractivity contribution in [2.24, 2.45) is 5.92 Å². The second kappa shape index (κ2) is 9.58. The summed E-state index contributed by atoms with van der Waals surface area (Å²) in [6, 6.07) is 14.2. The van der Waals surface area contributed by atoms with Crippen molar-refractivity contribution in [3.63, 3.8) is 0 Å². The smallest absolute Gasteiger partial charge is 0.262 e. The molecule has 0 saturated carbocycles. The van der Waals surface area contributed by atoms with Crippen LogP contribution in [0.25, 0.3) is 16.7 Å². The Morgan fingerprint density at radius 1 is 1.09 bits per heavy atom. The van der Waals surface area contributed by atoms with Crippen molar-refractivity contribution in [2.45, 2.75) is 38.9 Å². The first kappa shape index (κ1) is 22.7. The Kier molecular flexibility index (Phi) is 6.60. The molecule has 1 amide bonds. The molecule has 2 aromatic carbocycles. The van der Waals surface area contributed by atoms with Crippen molar-refractivity contribution in [3.05, 3.63) is 64.4 Å². The maximum Gasteiger partial charge on any atom is 0.262 e. The van der Waals surface area contributed by atoms with Crippen LogP contribution >= 0.6 is 11.8 Å². The highest BCUT2D eigenvalue weighted by molar-refractivity contribution is 7.99. The van der Waals surface area contributed by atoms with E-state index < -0.39 is 0 Å². The molecule has 0 spiro atoms. The number of thioether (sulfide) groups is 1. The lowest BCUT2D eigenvalue weighted by Gasteiger charge is -2.12. The van der Waals surface area contributed by atoms with E-state index in [0.29, 0.717) is 45.6 Å². The first-order valence-electron chi connectivity index (χ1n) is 10.8. The molecule has 2 aromatic heterocycles. The number of fused-ring (bicyclic) bond motifs is 3. The Morgan fingerprint density at radius 2 is 1.88 bits per heavy atom. The Hall–Kier alpha value is -3.46. The summed E-state index contributed by atoms with van der Waals surface area (Å²) in [6.07, 6.45) is 0.838. The summed E-state index contributed by atoms with van der Waals surface area (Å²) in [5.74, 6) is 0.715. The van der Waals surface area contributed by atoms with E-state index in [9.17, 15) is 14.4 Å². The first-order valence-corrected chi connectivity index (χ1v) is 11.7. The molecule has 1 N–H and O–H groups in total. The molecule has 9 heteroatoms. The number of anilines is 1. The van der Waals surface area contributed by atoms with Gasteiger partial charge in [0.1, 0.15) is 0 Å². The molecule has 0 bridgehead atoms. The minimum atomic E-state index is -0.227. The van der Waals surface area contributed by atoms with Gasteiger partial charge in [-0.2, -0.15) is 0 Å². The normalized spacial score (nSPS) is 11.4. The van der Waals surface area contributed by atoms with E-state index in [4.69, 9.17) is 0 Å².